The molecule has 9 heteroatoms. The molecule has 1 aliphatic heterocycles. The van der Waals surface area contributed by atoms with Crippen LogP contribution in [0.5, 0.6) is 0 Å². The van der Waals surface area contributed by atoms with E-state index in [1.54, 1.807) is 42.5 Å². The fraction of sp³-hybridized carbons (Fsp3) is 0.120. The maximum atomic E-state index is 13.5. The Hall–Kier alpha value is -3.62. The molecule has 2 aromatic heterocycles. The number of rotatable bonds is 5. The van der Waals surface area contributed by atoms with Gasteiger partial charge in [0.15, 0.2) is 0 Å². The number of hydrogen-bond acceptors (Lipinski definition) is 5. The Morgan fingerprint density at radius 1 is 1.06 bits per heavy atom. The molecule has 1 unspecified atom stereocenters. The summed E-state index contributed by atoms with van der Waals surface area (Å²) < 4.78 is 14.6. The van der Waals surface area contributed by atoms with E-state index in [0.717, 1.165) is 26.4 Å². The molecule has 0 aliphatic carbocycles. The van der Waals surface area contributed by atoms with Crippen LogP contribution in [0.15, 0.2) is 88.1 Å². The molecule has 5 rings (SSSR count). The molecule has 0 radical (unpaired) electrons. The smallest absolute Gasteiger partial charge is 0.267 e. The van der Waals surface area contributed by atoms with Crippen molar-refractivity contribution in [3.63, 3.8) is 0 Å². The molecule has 34 heavy (non-hydrogen) atoms. The van der Waals surface area contributed by atoms with Crippen LogP contribution in [0.3, 0.4) is 0 Å². The van der Waals surface area contributed by atoms with Crippen molar-refractivity contribution in [3.8, 4) is 11.3 Å². The molecule has 0 fully saturated rings. The maximum Gasteiger partial charge on any atom is 0.267 e. The van der Waals surface area contributed by atoms with Crippen LogP contribution in [0.1, 0.15) is 22.9 Å². The highest BCUT2D eigenvalue weighted by atomic mass is 35.5. The average molecular weight is 493 g/mol. The van der Waals surface area contributed by atoms with Crippen molar-refractivity contribution in [3.05, 3.63) is 110 Å². The molecule has 1 aliphatic rings. The summed E-state index contributed by atoms with van der Waals surface area (Å²) in [5, 5.41) is 12.9. The summed E-state index contributed by atoms with van der Waals surface area (Å²) in [7, 11) is 0. The number of benzene rings is 2. The summed E-state index contributed by atoms with van der Waals surface area (Å²) in [6.45, 7) is -0.279. The fourth-order valence-corrected chi connectivity index (χ4v) is 4.66. The average Bonchev–Trinajstić information content (AvgIpc) is 3.52. The minimum absolute atomic E-state index is 0.279. The molecule has 0 spiro atoms. The van der Waals surface area contributed by atoms with Crippen molar-refractivity contribution in [1.82, 2.24) is 14.8 Å². The Bertz CT molecular complexity index is 1420. The molecule has 0 bridgehead atoms. The normalized spacial score (nSPS) is 15.4. The first-order valence-electron chi connectivity index (χ1n) is 10.5. The summed E-state index contributed by atoms with van der Waals surface area (Å²) in [6.07, 6.45) is 0.491. The van der Waals surface area contributed by atoms with Crippen molar-refractivity contribution in [2.75, 3.05) is 0 Å². The van der Waals surface area contributed by atoms with E-state index in [1.807, 2.05) is 17.5 Å². The lowest BCUT2D eigenvalue weighted by atomic mass is 10.0. The van der Waals surface area contributed by atoms with E-state index >= 15 is 0 Å². The van der Waals surface area contributed by atoms with Crippen molar-refractivity contribution >= 4 is 34.6 Å². The third kappa shape index (κ3) is 4.55. The Morgan fingerprint density at radius 3 is 2.53 bits per heavy atom. The second-order valence-corrected chi connectivity index (χ2v) is 9.14. The van der Waals surface area contributed by atoms with E-state index in [-0.39, 0.29) is 18.3 Å². The van der Waals surface area contributed by atoms with E-state index in [1.165, 1.54) is 34.5 Å². The number of nitrogens with zero attached hydrogens (tertiary/aromatic N) is 4. The van der Waals surface area contributed by atoms with Gasteiger partial charge in [0.1, 0.15) is 12.4 Å². The molecule has 2 aromatic carbocycles. The van der Waals surface area contributed by atoms with Gasteiger partial charge in [0, 0.05) is 23.1 Å². The Morgan fingerprint density at radius 2 is 1.82 bits per heavy atom. The molecule has 170 valence electrons. The largest absolute Gasteiger partial charge is 0.271 e. The van der Waals surface area contributed by atoms with Crippen LogP contribution >= 0.6 is 22.9 Å². The first kappa shape index (κ1) is 22.2. The van der Waals surface area contributed by atoms with Crippen LogP contribution in [0, 0.1) is 5.82 Å². The summed E-state index contributed by atoms with van der Waals surface area (Å²) in [6, 6.07) is 19.5. The van der Waals surface area contributed by atoms with Gasteiger partial charge in [0.2, 0.25) is 0 Å². The zero-order valence-corrected chi connectivity index (χ0v) is 19.3. The second kappa shape index (κ2) is 9.32. The predicted molar refractivity (Wildman–Crippen MR) is 130 cm³/mol. The minimum Gasteiger partial charge on any atom is -0.271 e. The van der Waals surface area contributed by atoms with Crippen LogP contribution in [-0.2, 0) is 11.3 Å². The standard InChI is InChI=1S/C25H18ClFN4O2S/c26-18-7-3-16(4-8-18)20-11-12-24(32)30(28-20)15-25(33)31-22(17-5-9-19(27)10-6-17)14-21(29-31)23-2-1-13-34-23/h1-13,22H,14-15H2. The Kier molecular flexibility index (Phi) is 6.08. The summed E-state index contributed by atoms with van der Waals surface area (Å²) in [4.78, 5) is 26.8. The van der Waals surface area contributed by atoms with E-state index in [2.05, 4.69) is 10.2 Å². The monoisotopic (exact) mass is 492 g/mol. The molecule has 6 nitrogen and oxygen atoms in total. The molecule has 1 amide bonds. The van der Waals surface area contributed by atoms with Crippen molar-refractivity contribution in [2.45, 2.75) is 19.0 Å². The van der Waals surface area contributed by atoms with Crippen molar-refractivity contribution < 1.29 is 9.18 Å². The van der Waals surface area contributed by atoms with E-state index in [4.69, 9.17) is 11.6 Å². The summed E-state index contributed by atoms with van der Waals surface area (Å²) >= 11 is 7.50. The lowest BCUT2D eigenvalue weighted by Crippen LogP contribution is -2.34. The number of halogens is 2. The third-order valence-electron chi connectivity index (χ3n) is 5.52. The first-order chi connectivity index (χ1) is 16.5. The van der Waals surface area contributed by atoms with Gasteiger partial charge >= 0.3 is 0 Å². The van der Waals surface area contributed by atoms with Crippen LogP contribution in [0.4, 0.5) is 4.39 Å². The zero-order chi connectivity index (χ0) is 23.7. The predicted octanol–water partition coefficient (Wildman–Crippen LogP) is 5.14. The van der Waals surface area contributed by atoms with Crippen LogP contribution < -0.4 is 5.56 Å². The molecule has 3 heterocycles. The van der Waals surface area contributed by atoms with Gasteiger partial charge in [-0.05, 0) is 47.3 Å². The van der Waals surface area contributed by atoms with Gasteiger partial charge in [0.25, 0.3) is 11.5 Å². The van der Waals surface area contributed by atoms with Crippen molar-refractivity contribution in [1.29, 1.82) is 0 Å². The van der Waals surface area contributed by atoms with Gasteiger partial charge in [-0.2, -0.15) is 10.2 Å². The number of carbonyl (C=O) groups excluding carboxylic acids is 1. The summed E-state index contributed by atoms with van der Waals surface area (Å²) in [5.41, 5.74) is 2.46. The van der Waals surface area contributed by atoms with E-state index < -0.39 is 11.6 Å². The van der Waals surface area contributed by atoms with Gasteiger partial charge in [-0.25, -0.2) is 14.1 Å². The number of aromatic nitrogens is 2. The zero-order valence-electron chi connectivity index (χ0n) is 17.8. The Labute approximate surface area is 203 Å². The van der Waals surface area contributed by atoms with Gasteiger partial charge in [-0.15, -0.1) is 11.3 Å². The second-order valence-electron chi connectivity index (χ2n) is 7.76. The first-order valence-corrected chi connectivity index (χ1v) is 11.8. The molecular formula is C25H18ClFN4O2S. The molecule has 0 saturated carbocycles. The maximum absolute atomic E-state index is 13.5. The third-order valence-corrected chi connectivity index (χ3v) is 6.69. The number of amides is 1. The molecule has 0 saturated heterocycles. The lowest BCUT2D eigenvalue weighted by molar-refractivity contribution is -0.133. The van der Waals surface area contributed by atoms with Gasteiger partial charge in [-0.1, -0.05) is 41.9 Å². The number of hydrogen-bond donors (Lipinski definition) is 0. The number of carbonyl (C=O) groups is 1. The van der Waals surface area contributed by atoms with Crippen LogP contribution in [0.2, 0.25) is 5.02 Å². The topological polar surface area (TPSA) is 67.6 Å². The van der Waals surface area contributed by atoms with Gasteiger partial charge < -0.3 is 0 Å². The van der Waals surface area contributed by atoms with E-state index in [0.29, 0.717) is 17.1 Å². The Balaban J connectivity index is 1.45. The molecule has 0 N–H and O–H groups in total. The van der Waals surface area contributed by atoms with Gasteiger partial charge in [0.05, 0.1) is 22.3 Å². The highest BCUT2D eigenvalue weighted by molar-refractivity contribution is 7.12. The van der Waals surface area contributed by atoms with Gasteiger partial charge in [-0.3, -0.25) is 9.59 Å². The number of thiophene rings is 1. The molecule has 4 aromatic rings. The van der Waals surface area contributed by atoms with Crippen LogP contribution in [0.25, 0.3) is 11.3 Å². The highest BCUT2D eigenvalue weighted by Crippen LogP contribution is 2.34. The summed E-state index contributed by atoms with van der Waals surface area (Å²) in [5.74, 6) is -0.738. The minimum atomic E-state index is -0.402. The highest BCUT2D eigenvalue weighted by Gasteiger charge is 2.33. The van der Waals surface area contributed by atoms with E-state index in [9.17, 15) is 14.0 Å². The quantitative estimate of drug-likeness (QED) is 0.387. The molecular weight excluding hydrogens is 475 g/mol. The van der Waals surface area contributed by atoms with Crippen molar-refractivity contribution in [2.24, 2.45) is 5.10 Å². The lowest BCUT2D eigenvalue weighted by Gasteiger charge is -2.22. The molecule has 1 atom stereocenters. The fourth-order valence-electron chi connectivity index (χ4n) is 3.81. The number of hydrazone groups is 1. The van der Waals surface area contributed by atoms with Crippen LogP contribution in [-0.4, -0.2) is 26.4 Å². The SMILES string of the molecule is O=C(Cn1nc(-c2ccc(Cl)cc2)ccc1=O)N1N=C(c2cccs2)CC1c1ccc(F)cc1.